The van der Waals surface area contributed by atoms with Gasteiger partial charge in [0.2, 0.25) is 0 Å². The third kappa shape index (κ3) is 3.24. The Kier molecular flexibility index (Phi) is 5.40. The minimum absolute atomic E-state index is 0.0803. The van der Waals surface area contributed by atoms with Crippen LogP contribution < -0.4 is 0 Å². The third-order valence-corrected chi connectivity index (χ3v) is 4.69. The average Bonchev–Trinajstić information content (AvgIpc) is 2.54. The van der Waals surface area contributed by atoms with Gasteiger partial charge >= 0.3 is 11.9 Å². The zero-order valence-corrected chi connectivity index (χ0v) is 14.4. The average molecular weight is 367 g/mol. The molecule has 1 aromatic rings. The summed E-state index contributed by atoms with van der Waals surface area (Å²) in [4.78, 5) is 24.5. The van der Waals surface area contributed by atoms with Gasteiger partial charge in [0.15, 0.2) is 0 Å². The number of esters is 2. The molecule has 0 heterocycles. The van der Waals surface area contributed by atoms with Gasteiger partial charge < -0.3 is 9.47 Å². The minimum atomic E-state index is -0.585. The number of methoxy groups -OCH3 is 2. The maximum absolute atomic E-state index is 12.3. The Morgan fingerprint density at radius 1 is 0.955 bits per heavy atom. The second kappa shape index (κ2) is 7.09. The Morgan fingerprint density at radius 3 is 2.05 bits per heavy atom. The van der Waals surface area contributed by atoms with E-state index in [-0.39, 0.29) is 23.8 Å². The van der Waals surface area contributed by atoms with Crippen molar-refractivity contribution in [2.24, 2.45) is 17.8 Å². The first-order chi connectivity index (χ1) is 10.5. The minimum Gasteiger partial charge on any atom is -0.469 e. The summed E-state index contributed by atoms with van der Waals surface area (Å²) in [6.07, 6.45) is 3.95. The second-order valence-corrected chi connectivity index (χ2v) is 6.33. The fraction of sp³-hybridized carbons (Fsp3) is 0.412. The molecule has 0 aliphatic heterocycles. The van der Waals surface area contributed by atoms with E-state index in [1.807, 2.05) is 43.3 Å². The highest BCUT2D eigenvalue weighted by Crippen LogP contribution is 2.41. The van der Waals surface area contributed by atoms with Crippen LogP contribution in [0.25, 0.3) is 0 Å². The normalized spacial score (nSPS) is 27.3. The first-order valence-electron chi connectivity index (χ1n) is 7.09. The third-order valence-electron chi connectivity index (χ3n) is 4.16. The lowest BCUT2D eigenvalue weighted by Gasteiger charge is -2.35. The maximum atomic E-state index is 12.3. The smallest absolute Gasteiger partial charge is 0.310 e. The summed E-state index contributed by atoms with van der Waals surface area (Å²) in [5, 5.41) is 0. The second-order valence-electron chi connectivity index (χ2n) is 5.42. The molecule has 5 heteroatoms. The molecule has 0 amide bonds. The van der Waals surface area contributed by atoms with E-state index < -0.39 is 11.8 Å². The van der Waals surface area contributed by atoms with Crippen molar-refractivity contribution in [3.63, 3.8) is 0 Å². The van der Waals surface area contributed by atoms with Crippen LogP contribution in [0.2, 0.25) is 0 Å². The molecule has 0 radical (unpaired) electrons. The number of hydrogen-bond donors (Lipinski definition) is 0. The molecule has 4 nitrogen and oxygen atoms in total. The number of hydrogen-bond acceptors (Lipinski definition) is 4. The van der Waals surface area contributed by atoms with Crippen LogP contribution in [0.3, 0.4) is 0 Å². The van der Waals surface area contributed by atoms with Crippen molar-refractivity contribution < 1.29 is 19.1 Å². The van der Waals surface area contributed by atoms with Crippen molar-refractivity contribution in [1.82, 2.24) is 0 Å². The van der Waals surface area contributed by atoms with Gasteiger partial charge in [0.1, 0.15) is 0 Å². The van der Waals surface area contributed by atoms with Gasteiger partial charge in [-0.2, -0.15) is 0 Å². The van der Waals surface area contributed by atoms with Crippen molar-refractivity contribution in [1.29, 1.82) is 0 Å². The Balaban J connectivity index is 2.46. The number of halogens is 1. The molecule has 1 aromatic carbocycles. The lowest BCUT2D eigenvalue weighted by molar-refractivity contribution is -0.160. The molecule has 0 aromatic heterocycles. The van der Waals surface area contributed by atoms with Crippen molar-refractivity contribution >= 4 is 27.9 Å². The molecule has 0 N–H and O–H groups in total. The predicted octanol–water partition coefficient (Wildman–Crippen LogP) is 3.32. The number of benzene rings is 1. The van der Waals surface area contributed by atoms with Crippen LogP contribution in [0.15, 0.2) is 40.9 Å². The van der Waals surface area contributed by atoms with Gasteiger partial charge in [-0.3, -0.25) is 9.59 Å². The summed E-state index contributed by atoms with van der Waals surface area (Å²) in [5.41, 5.74) is 0.968. The summed E-state index contributed by atoms with van der Waals surface area (Å²) in [7, 11) is 2.69. The lowest BCUT2D eigenvalue weighted by Crippen LogP contribution is -2.40. The lowest BCUT2D eigenvalue weighted by atomic mass is 9.69. The Labute approximate surface area is 138 Å². The number of ether oxygens (including phenoxy) is 2. The summed E-state index contributed by atoms with van der Waals surface area (Å²) in [6, 6.07) is 7.73. The van der Waals surface area contributed by atoms with Crippen molar-refractivity contribution in [2.75, 3.05) is 14.2 Å². The van der Waals surface area contributed by atoms with Gasteiger partial charge in [0, 0.05) is 10.4 Å². The van der Waals surface area contributed by atoms with E-state index in [0.717, 1.165) is 10.0 Å². The topological polar surface area (TPSA) is 52.6 Å². The van der Waals surface area contributed by atoms with E-state index in [2.05, 4.69) is 15.9 Å². The van der Waals surface area contributed by atoms with Crippen LogP contribution in [0, 0.1) is 17.8 Å². The maximum Gasteiger partial charge on any atom is 0.310 e. The van der Waals surface area contributed by atoms with Crippen LogP contribution in [0.4, 0.5) is 0 Å². The molecule has 2 rings (SSSR count). The Hall–Kier alpha value is -1.62. The van der Waals surface area contributed by atoms with Gasteiger partial charge in [0.25, 0.3) is 0 Å². The monoisotopic (exact) mass is 366 g/mol. The van der Waals surface area contributed by atoms with E-state index in [0.29, 0.717) is 0 Å². The molecule has 118 valence electrons. The van der Waals surface area contributed by atoms with Gasteiger partial charge in [0.05, 0.1) is 26.1 Å². The van der Waals surface area contributed by atoms with E-state index in [1.165, 1.54) is 14.2 Å². The Morgan fingerprint density at radius 2 is 1.50 bits per heavy atom. The quantitative estimate of drug-likeness (QED) is 0.608. The largest absolute Gasteiger partial charge is 0.469 e. The molecule has 0 unspecified atom stereocenters. The summed E-state index contributed by atoms with van der Waals surface area (Å²) < 4.78 is 10.8. The summed E-state index contributed by atoms with van der Waals surface area (Å²) in [6.45, 7) is 1.91. The molecular formula is C17H19BrO4. The zero-order chi connectivity index (χ0) is 16.3. The molecule has 4 atom stereocenters. The number of allylic oxidation sites excluding steroid dienone is 2. The first-order valence-corrected chi connectivity index (χ1v) is 7.88. The van der Waals surface area contributed by atoms with Gasteiger partial charge in [-0.1, -0.05) is 47.1 Å². The number of carbonyl (C=O) groups excluding carboxylic acids is 2. The van der Waals surface area contributed by atoms with E-state index >= 15 is 0 Å². The van der Waals surface area contributed by atoms with Gasteiger partial charge in [-0.05, 0) is 23.6 Å². The Bertz CT molecular complexity index is 579. The van der Waals surface area contributed by atoms with Crippen LogP contribution in [0.5, 0.6) is 0 Å². The molecule has 1 aliphatic carbocycles. The molecular weight excluding hydrogens is 348 g/mol. The van der Waals surface area contributed by atoms with E-state index in [9.17, 15) is 9.59 Å². The molecule has 22 heavy (non-hydrogen) atoms. The fourth-order valence-electron chi connectivity index (χ4n) is 3.01. The summed E-state index contributed by atoms with van der Waals surface area (Å²) >= 11 is 3.40. The van der Waals surface area contributed by atoms with Crippen molar-refractivity contribution in [3.05, 3.63) is 46.5 Å². The molecule has 1 aliphatic rings. The van der Waals surface area contributed by atoms with Crippen LogP contribution >= 0.6 is 15.9 Å². The summed E-state index contributed by atoms with van der Waals surface area (Å²) in [5.74, 6) is -2.19. The fourth-order valence-corrected chi connectivity index (χ4v) is 3.28. The molecule has 0 fully saturated rings. The standard InChI is InChI=1S/C17H19BrO4/c1-10-4-9-13(11-5-7-12(18)8-6-11)15(17(20)22-3)14(10)16(19)21-2/h4-10,13-15H,1-3H3/t10-,13-,14-,15-/m1/s1. The highest BCUT2D eigenvalue weighted by molar-refractivity contribution is 9.10. The molecule has 0 saturated carbocycles. The van der Waals surface area contributed by atoms with E-state index in [1.54, 1.807) is 0 Å². The number of carbonyl (C=O) groups is 2. The highest BCUT2D eigenvalue weighted by atomic mass is 79.9. The highest BCUT2D eigenvalue weighted by Gasteiger charge is 2.45. The van der Waals surface area contributed by atoms with Gasteiger partial charge in [-0.25, -0.2) is 0 Å². The van der Waals surface area contributed by atoms with Crippen molar-refractivity contribution in [3.8, 4) is 0 Å². The zero-order valence-electron chi connectivity index (χ0n) is 12.8. The van der Waals surface area contributed by atoms with Crippen LogP contribution in [-0.2, 0) is 19.1 Å². The molecule has 0 bridgehead atoms. The van der Waals surface area contributed by atoms with E-state index in [4.69, 9.17) is 9.47 Å². The van der Waals surface area contributed by atoms with Crippen LogP contribution in [-0.4, -0.2) is 26.2 Å². The molecule has 0 spiro atoms. The van der Waals surface area contributed by atoms with Crippen molar-refractivity contribution in [2.45, 2.75) is 12.8 Å². The SMILES string of the molecule is COC(=O)[C@H]1[C@H](C(=O)OC)[C@@H](c2ccc(Br)cc2)C=C[C@H]1C. The molecule has 0 saturated heterocycles. The number of rotatable bonds is 3. The predicted molar refractivity (Wildman–Crippen MR) is 86.2 cm³/mol. The van der Waals surface area contributed by atoms with Crippen LogP contribution in [0.1, 0.15) is 18.4 Å². The first kappa shape index (κ1) is 16.7. The van der Waals surface area contributed by atoms with Gasteiger partial charge in [-0.15, -0.1) is 0 Å².